The molecule has 4 aromatic rings. The van der Waals surface area contributed by atoms with Crippen molar-refractivity contribution in [3.8, 4) is 0 Å². The van der Waals surface area contributed by atoms with Gasteiger partial charge in [0, 0.05) is 27.4 Å². The van der Waals surface area contributed by atoms with Gasteiger partial charge in [-0.3, -0.25) is 4.79 Å². The number of rotatable bonds is 6. The summed E-state index contributed by atoms with van der Waals surface area (Å²) in [6, 6.07) is 24.1. The molecule has 0 fully saturated rings. The molecule has 0 spiro atoms. The first kappa shape index (κ1) is 19.6. The minimum atomic E-state index is -0.0914. The Bertz CT molecular complexity index is 1140. The predicted molar refractivity (Wildman–Crippen MR) is 121 cm³/mol. The SMILES string of the molecule is Cc1ccc2c(Sc3ccccc3)c(C(=O)NCCc3ccc(Cl)cc3)[nH]c2c1. The molecule has 0 bridgehead atoms. The molecule has 0 unspecified atom stereocenters. The lowest BCUT2D eigenvalue weighted by Gasteiger charge is -2.07. The first-order valence-electron chi connectivity index (χ1n) is 9.48. The van der Waals surface area contributed by atoms with Crippen LogP contribution in [-0.4, -0.2) is 17.4 Å². The number of halogens is 1. The van der Waals surface area contributed by atoms with Gasteiger partial charge in [-0.15, -0.1) is 0 Å². The molecule has 0 aliphatic heterocycles. The van der Waals surface area contributed by atoms with Gasteiger partial charge >= 0.3 is 0 Å². The summed E-state index contributed by atoms with van der Waals surface area (Å²) in [6.07, 6.45) is 0.753. The smallest absolute Gasteiger partial charge is 0.268 e. The summed E-state index contributed by atoms with van der Waals surface area (Å²) in [5.74, 6) is -0.0914. The van der Waals surface area contributed by atoms with Crippen LogP contribution in [0.5, 0.6) is 0 Å². The van der Waals surface area contributed by atoms with E-state index in [0.717, 1.165) is 38.2 Å². The van der Waals surface area contributed by atoms with E-state index in [4.69, 9.17) is 11.6 Å². The second-order valence-corrected chi connectivity index (χ2v) is 8.45. The molecule has 3 aromatic carbocycles. The lowest BCUT2D eigenvalue weighted by atomic mass is 10.1. The molecule has 0 radical (unpaired) electrons. The first-order valence-corrected chi connectivity index (χ1v) is 10.7. The number of carbonyl (C=O) groups excluding carboxylic acids is 1. The maximum atomic E-state index is 13.0. The molecule has 2 N–H and O–H groups in total. The van der Waals surface area contributed by atoms with E-state index in [9.17, 15) is 4.79 Å². The monoisotopic (exact) mass is 420 g/mol. The van der Waals surface area contributed by atoms with Gasteiger partial charge in [0.05, 0.1) is 4.90 Å². The highest BCUT2D eigenvalue weighted by Gasteiger charge is 2.18. The van der Waals surface area contributed by atoms with Gasteiger partial charge in [-0.2, -0.15) is 0 Å². The summed E-state index contributed by atoms with van der Waals surface area (Å²) in [7, 11) is 0. The van der Waals surface area contributed by atoms with E-state index >= 15 is 0 Å². The Labute approximate surface area is 179 Å². The van der Waals surface area contributed by atoms with Crippen molar-refractivity contribution in [2.75, 3.05) is 6.54 Å². The number of fused-ring (bicyclic) bond motifs is 1. The van der Waals surface area contributed by atoms with Crippen molar-refractivity contribution < 1.29 is 4.79 Å². The molecule has 0 saturated heterocycles. The van der Waals surface area contributed by atoms with Crippen LogP contribution < -0.4 is 5.32 Å². The topological polar surface area (TPSA) is 44.9 Å². The number of hydrogen-bond donors (Lipinski definition) is 2. The van der Waals surface area contributed by atoms with E-state index in [1.807, 2.05) is 42.5 Å². The van der Waals surface area contributed by atoms with E-state index in [0.29, 0.717) is 17.3 Å². The molecule has 1 amide bonds. The Balaban J connectivity index is 1.57. The lowest BCUT2D eigenvalue weighted by molar-refractivity contribution is 0.0947. The highest BCUT2D eigenvalue weighted by atomic mass is 35.5. The highest BCUT2D eigenvalue weighted by molar-refractivity contribution is 7.99. The molecule has 0 saturated carbocycles. The van der Waals surface area contributed by atoms with Crippen LogP contribution in [0.4, 0.5) is 0 Å². The van der Waals surface area contributed by atoms with Crippen LogP contribution in [0.3, 0.4) is 0 Å². The number of amides is 1. The Morgan fingerprint density at radius 3 is 2.55 bits per heavy atom. The molecular weight excluding hydrogens is 400 g/mol. The third kappa shape index (κ3) is 4.66. The van der Waals surface area contributed by atoms with Gasteiger partial charge in [0.15, 0.2) is 0 Å². The van der Waals surface area contributed by atoms with E-state index in [-0.39, 0.29) is 5.91 Å². The predicted octanol–water partition coefficient (Wildman–Crippen LogP) is 6.25. The van der Waals surface area contributed by atoms with Crippen molar-refractivity contribution in [2.45, 2.75) is 23.1 Å². The van der Waals surface area contributed by atoms with Crippen molar-refractivity contribution in [1.82, 2.24) is 10.3 Å². The van der Waals surface area contributed by atoms with Gasteiger partial charge < -0.3 is 10.3 Å². The van der Waals surface area contributed by atoms with Gasteiger partial charge in [-0.05, 0) is 54.8 Å². The highest BCUT2D eigenvalue weighted by Crippen LogP contribution is 2.37. The summed E-state index contributed by atoms with van der Waals surface area (Å²) >= 11 is 7.54. The lowest BCUT2D eigenvalue weighted by Crippen LogP contribution is -2.26. The Kier molecular flexibility index (Phi) is 5.93. The van der Waals surface area contributed by atoms with Gasteiger partial charge in [0.25, 0.3) is 5.91 Å². The van der Waals surface area contributed by atoms with Crippen molar-refractivity contribution in [3.05, 3.63) is 94.6 Å². The Morgan fingerprint density at radius 2 is 1.79 bits per heavy atom. The van der Waals surface area contributed by atoms with Crippen LogP contribution in [0.25, 0.3) is 10.9 Å². The number of aromatic nitrogens is 1. The molecule has 0 atom stereocenters. The molecule has 146 valence electrons. The normalized spacial score (nSPS) is 11.0. The third-order valence-electron chi connectivity index (χ3n) is 4.71. The molecule has 1 heterocycles. The van der Waals surface area contributed by atoms with Gasteiger partial charge in [-0.1, -0.05) is 65.8 Å². The number of benzene rings is 3. The first-order chi connectivity index (χ1) is 14.1. The van der Waals surface area contributed by atoms with Crippen molar-refractivity contribution >= 4 is 40.2 Å². The average molecular weight is 421 g/mol. The molecule has 0 aliphatic carbocycles. The maximum absolute atomic E-state index is 13.0. The standard InChI is InChI=1S/C24H21ClN2OS/c1-16-7-12-20-21(15-16)27-22(23(20)29-19-5-3-2-4-6-19)24(28)26-14-13-17-8-10-18(25)11-9-17/h2-12,15,27H,13-14H2,1H3,(H,26,28). The Morgan fingerprint density at radius 1 is 1.03 bits per heavy atom. The molecule has 0 aliphatic rings. The minimum absolute atomic E-state index is 0.0914. The molecule has 1 aromatic heterocycles. The largest absolute Gasteiger partial charge is 0.350 e. The van der Waals surface area contributed by atoms with Crippen LogP contribution in [0.15, 0.2) is 82.6 Å². The number of aromatic amines is 1. The number of hydrogen-bond acceptors (Lipinski definition) is 2. The van der Waals surface area contributed by atoms with Gasteiger partial charge in [0.2, 0.25) is 0 Å². The maximum Gasteiger partial charge on any atom is 0.268 e. The Hall–Kier alpha value is -2.69. The van der Waals surface area contributed by atoms with Crippen LogP contribution in [0, 0.1) is 6.92 Å². The van der Waals surface area contributed by atoms with Crippen LogP contribution in [-0.2, 0) is 6.42 Å². The number of aryl methyl sites for hydroxylation is 1. The number of nitrogens with one attached hydrogen (secondary N) is 2. The zero-order chi connectivity index (χ0) is 20.2. The summed E-state index contributed by atoms with van der Waals surface area (Å²) in [5.41, 5.74) is 3.88. The zero-order valence-electron chi connectivity index (χ0n) is 16.0. The second kappa shape index (κ2) is 8.76. The zero-order valence-corrected chi connectivity index (χ0v) is 17.6. The molecular formula is C24H21ClN2OS. The summed E-state index contributed by atoms with van der Waals surface area (Å²) in [4.78, 5) is 18.4. The van der Waals surface area contributed by atoms with E-state index in [1.165, 1.54) is 0 Å². The van der Waals surface area contributed by atoms with Crippen LogP contribution in [0.2, 0.25) is 5.02 Å². The summed E-state index contributed by atoms with van der Waals surface area (Å²) < 4.78 is 0. The average Bonchev–Trinajstić information content (AvgIpc) is 3.07. The van der Waals surface area contributed by atoms with Crippen molar-refractivity contribution in [1.29, 1.82) is 0 Å². The fraction of sp³-hybridized carbons (Fsp3) is 0.125. The fourth-order valence-electron chi connectivity index (χ4n) is 3.22. The molecule has 4 rings (SSSR count). The summed E-state index contributed by atoms with van der Waals surface area (Å²) in [5, 5.41) is 4.83. The number of H-pyrrole nitrogens is 1. The van der Waals surface area contributed by atoms with Gasteiger partial charge in [0.1, 0.15) is 5.69 Å². The molecule has 3 nitrogen and oxygen atoms in total. The minimum Gasteiger partial charge on any atom is -0.350 e. The van der Waals surface area contributed by atoms with Crippen LogP contribution >= 0.6 is 23.4 Å². The molecule has 5 heteroatoms. The second-order valence-electron chi connectivity index (χ2n) is 6.93. The van der Waals surface area contributed by atoms with Crippen molar-refractivity contribution in [3.63, 3.8) is 0 Å². The third-order valence-corrected chi connectivity index (χ3v) is 6.10. The quantitative estimate of drug-likeness (QED) is 0.387. The van der Waals surface area contributed by atoms with E-state index in [1.54, 1.807) is 11.8 Å². The van der Waals surface area contributed by atoms with E-state index < -0.39 is 0 Å². The van der Waals surface area contributed by atoms with E-state index in [2.05, 4.69) is 47.6 Å². The van der Waals surface area contributed by atoms with Crippen molar-refractivity contribution in [2.24, 2.45) is 0 Å². The summed E-state index contributed by atoms with van der Waals surface area (Å²) in [6.45, 7) is 2.61. The fourth-order valence-corrected chi connectivity index (χ4v) is 4.41. The molecule has 29 heavy (non-hydrogen) atoms. The van der Waals surface area contributed by atoms with Gasteiger partial charge in [-0.25, -0.2) is 0 Å². The number of carbonyl (C=O) groups is 1. The van der Waals surface area contributed by atoms with Crippen LogP contribution in [0.1, 0.15) is 21.6 Å².